The number of carbonyl (C=O) groups excluding carboxylic acids is 4. The molecule has 0 spiro atoms. The summed E-state index contributed by atoms with van der Waals surface area (Å²) >= 11 is 0. The maximum absolute atomic E-state index is 12.2. The van der Waals surface area contributed by atoms with Crippen LogP contribution in [-0.4, -0.2) is 67.2 Å². The zero-order valence-electron chi connectivity index (χ0n) is 17.2. The summed E-state index contributed by atoms with van der Waals surface area (Å²) in [4.78, 5) is 47.1. The highest BCUT2D eigenvalue weighted by Crippen LogP contribution is 1.97. The van der Waals surface area contributed by atoms with Crippen LogP contribution in [0.4, 0.5) is 4.79 Å². The number of nitrogens with two attached hydrogens (primary N) is 1. The van der Waals surface area contributed by atoms with Gasteiger partial charge in [0.05, 0.1) is 25.1 Å². The lowest BCUT2D eigenvalue weighted by molar-refractivity contribution is -0.131. The van der Waals surface area contributed by atoms with Gasteiger partial charge < -0.3 is 41.6 Å². The molecule has 0 rings (SSSR count). The van der Waals surface area contributed by atoms with Crippen LogP contribution in [0, 0.1) is 5.92 Å². The van der Waals surface area contributed by atoms with E-state index in [1.807, 2.05) is 13.8 Å². The normalized spacial score (nSPS) is 13.6. The smallest absolute Gasteiger partial charge is 0.407 e. The number of rotatable bonds is 14. The summed E-state index contributed by atoms with van der Waals surface area (Å²) in [5.41, 5.74) is 5.37. The molecule has 3 amide bonds. The van der Waals surface area contributed by atoms with E-state index in [2.05, 4.69) is 27.8 Å². The lowest BCUT2D eigenvalue weighted by atomic mass is 10.1. The van der Waals surface area contributed by atoms with E-state index in [0.29, 0.717) is 31.5 Å². The number of nitrogens with one attached hydrogen (secondary N) is 4. The van der Waals surface area contributed by atoms with Crippen molar-refractivity contribution in [1.82, 2.24) is 21.3 Å². The summed E-state index contributed by atoms with van der Waals surface area (Å²) < 4.78 is 4.89. The molecule has 0 saturated heterocycles. The van der Waals surface area contributed by atoms with Crippen LogP contribution >= 0.6 is 0 Å². The van der Waals surface area contributed by atoms with E-state index in [9.17, 15) is 24.3 Å². The summed E-state index contributed by atoms with van der Waals surface area (Å²) in [6, 6.07) is -3.00. The number of aliphatic hydroxyl groups is 1. The molecule has 0 aromatic rings. The maximum Gasteiger partial charge on any atom is 0.407 e. The average Bonchev–Trinajstić information content (AvgIpc) is 2.65. The molecule has 0 fully saturated rings. The predicted octanol–water partition coefficient (Wildman–Crippen LogP) is -1.28. The fourth-order valence-electron chi connectivity index (χ4n) is 2.05. The predicted molar refractivity (Wildman–Crippen MR) is 106 cm³/mol. The van der Waals surface area contributed by atoms with Gasteiger partial charge in [0.1, 0.15) is 18.4 Å². The first-order valence-electron chi connectivity index (χ1n) is 9.39. The Morgan fingerprint density at radius 1 is 1.14 bits per heavy atom. The summed E-state index contributed by atoms with van der Waals surface area (Å²) in [6.45, 7) is 8.58. The highest BCUT2D eigenvalue weighted by molar-refractivity contribution is 5.91. The lowest BCUT2D eigenvalue weighted by Gasteiger charge is -2.21. The van der Waals surface area contributed by atoms with Crippen LogP contribution in [0.3, 0.4) is 0 Å². The van der Waals surface area contributed by atoms with Crippen LogP contribution in [0.1, 0.15) is 33.6 Å². The van der Waals surface area contributed by atoms with Gasteiger partial charge in [-0.15, -0.1) is 0 Å². The zero-order valence-corrected chi connectivity index (χ0v) is 17.2. The topological polar surface area (TPSA) is 172 Å². The van der Waals surface area contributed by atoms with Gasteiger partial charge in [0, 0.05) is 6.54 Å². The summed E-state index contributed by atoms with van der Waals surface area (Å²) in [5.74, 6) is -0.912. The van der Waals surface area contributed by atoms with Gasteiger partial charge in [-0.1, -0.05) is 20.4 Å². The molecule has 11 nitrogen and oxygen atoms in total. The highest BCUT2D eigenvalue weighted by Gasteiger charge is 2.25. The molecular weight excluding hydrogens is 382 g/mol. The van der Waals surface area contributed by atoms with Gasteiger partial charge in [0.15, 0.2) is 0 Å². The monoisotopic (exact) mass is 415 g/mol. The number of amides is 3. The Bertz CT molecular complexity index is 569. The van der Waals surface area contributed by atoms with Crippen LogP contribution in [0.5, 0.6) is 0 Å². The summed E-state index contributed by atoms with van der Waals surface area (Å²) in [7, 11) is 0. The quantitative estimate of drug-likeness (QED) is 0.150. The van der Waals surface area contributed by atoms with Gasteiger partial charge in [0.25, 0.3) is 0 Å². The first kappa shape index (κ1) is 26.2. The second kappa shape index (κ2) is 14.2. The minimum Gasteiger partial charge on any atom is -0.449 e. The highest BCUT2D eigenvalue weighted by atomic mass is 16.5. The van der Waals surface area contributed by atoms with E-state index in [1.54, 1.807) is 0 Å². The second-order valence-electron chi connectivity index (χ2n) is 6.95. The van der Waals surface area contributed by atoms with E-state index >= 15 is 0 Å². The Labute approximate surface area is 170 Å². The second-order valence-corrected chi connectivity index (χ2v) is 6.95. The number of alkyl carbamates (subject to hydrolysis) is 1. The fourth-order valence-corrected chi connectivity index (χ4v) is 2.05. The van der Waals surface area contributed by atoms with Gasteiger partial charge in [0.2, 0.25) is 11.8 Å². The molecule has 0 bridgehead atoms. The van der Waals surface area contributed by atoms with E-state index in [4.69, 9.17) is 10.5 Å². The van der Waals surface area contributed by atoms with Crippen molar-refractivity contribution in [2.75, 3.05) is 19.8 Å². The average molecular weight is 415 g/mol. The molecule has 11 heteroatoms. The van der Waals surface area contributed by atoms with Crippen molar-refractivity contribution in [2.24, 2.45) is 11.7 Å². The number of hydrogen-bond donors (Lipinski definition) is 6. The Kier molecular flexibility index (Phi) is 12.8. The molecule has 3 atom stereocenters. The van der Waals surface area contributed by atoms with Crippen LogP contribution in [0.2, 0.25) is 0 Å². The molecule has 29 heavy (non-hydrogen) atoms. The van der Waals surface area contributed by atoms with Crippen LogP contribution in [0.25, 0.3) is 0 Å². The van der Waals surface area contributed by atoms with Gasteiger partial charge >= 0.3 is 6.09 Å². The fraction of sp³-hybridized carbons (Fsp3) is 0.667. The standard InChI is InChI=1S/C18H33N5O6/c1-11(2)10-29-18(28)23-15(9-25)17(27)21-12(3)16(26)22-14(8-24)6-5-7-20-13(4)19/h8,11-12,14-15,20,25H,4-7,9-10,19H2,1-3H3,(H,21,27)(H,22,26)(H,23,28)/t12-,14-,15+/m0/s1. The minimum atomic E-state index is -1.28. The number of aldehydes is 1. The van der Waals surface area contributed by atoms with Crippen molar-refractivity contribution in [3.05, 3.63) is 12.4 Å². The Balaban J connectivity index is 4.49. The third-order valence-electron chi connectivity index (χ3n) is 3.63. The zero-order chi connectivity index (χ0) is 22.4. The van der Waals surface area contributed by atoms with Gasteiger partial charge in [-0.25, -0.2) is 4.79 Å². The third kappa shape index (κ3) is 12.3. The molecule has 0 aliphatic rings. The van der Waals surface area contributed by atoms with Crippen molar-refractivity contribution in [3.8, 4) is 0 Å². The molecule has 7 N–H and O–H groups in total. The van der Waals surface area contributed by atoms with Gasteiger partial charge in [-0.3, -0.25) is 9.59 Å². The van der Waals surface area contributed by atoms with Crippen LogP contribution in [0.15, 0.2) is 12.4 Å². The third-order valence-corrected chi connectivity index (χ3v) is 3.63. The molecule has 0 aliphatic carbocycles. The van der Waals surface area contributed by atoms with Crippen molar-refractivity contribution in [1.29, 1.82) is 0 Å². The SMILES string of the molecule is C=C(N)NCCC[C@@H](C=O)NC(=O)[C@H](C)NC(=O)[C@@H](CO)NC(=O)OCC(C)C. The van der Waals surface area contributed by atoms with Crippen LogP contribution < -0.4 is 27.0 Å². The maximum atomic E-state index is 12.2. The number of ether oxygens (including phenoxy) is 1. The first-order valence-corrected chi connectivity index (χ1v) is 9.39. The van der Waals surface area contributed by atoms with E-state index in [0.717, 1.165) is 0 Å². The lowest BCUT2D eigenvalue weighted by Crippen LogP contribution is -2.55. The molecular formula is C18H33N5O6. The molecule has 0 heterocycles. The Hall–Kier alpha value is -2.82. The van der Waals surface area contributed by atoms with Crippen molar-refractivity contribution < 1.29 is 29.0 Å². The van der Waals surface area contributed by atoms with E-state index < -0.39 is 42.6 Å². The summed E-state index contributed by atoms with van der Waals surface area (Å²) in [6.07, 6.45) is 0.695. The Morgan fingerprint density at radius 3 is 2.31 bits per heavy atom. The van der Waals surface area contributed by atoms with Crippen molar-refractivity contribution in [3.63, 3.8) is 0 Å². The Morgan fingerprint density at radius 2 is 1.79 bits per heavy atom. The minimum absolute atomic E-state index is 0.113. The van der Waals surface area contributed by atoms with Gasteiger partial charge in [-0.05, 0) is 25.7 Å². The van der Waals surface area contributed by atoms with Crippen molar-refractivity contribution >= 4 is 24.2 Å². The largest absolute Gasteiger partial charge is 0.449 e. The molecule has 0 saturated carbocycles. The molecule has 0 aromatic carbocycles. The number of aliphatic hydroxyl groups excluding tert-OH is 1. The first-order chi connectivity index (χ1) is 13.6. The van der Waals surface area contributed by atoms with Crippen molar-refractivity contribution in [2.45, 2.75) is 51.7 Å². The molecule has 166 valence electrons. The van der Waals surface area contributed by atoms with Crippen LogP contribution in [-0.2, 0) is 19.1 Å². The summed E-state index contributed by atoms with van der Waals surface area (Å²) in [5, 5.41) is 19.2. The molecule has 0 radical (unpaired) electrons. The molecule has 0 unspecified atom stereocenters. The number of carbonyl (C=O) groups is 4. The molecule has 0 aliphatic heterocycles. The van der Waals surface area contributed by atoms with Gasteiger partial charge in [-0.2, -0.15) is 0 Å². The number of hydrogen-bond acceptors (Lipinski definition) is 8. The van der Waals surface area contributed by atoms with E-state index in [1.165, 1.54) is 6.92 Å². The van der Waals surface area contributed by atoms with E-state index in [-0.39, 0.29) is 12.5 Å². The molecule has 0 aromatic heterocycles.